The highest BCUT2D eigenvalue weighted by molar-refractivity contribution is 5.54. The average molecular weight is 321 g/mol. The highest BCUT2D eigenvalue weighted by atomic mass is 16.5. The molecule has 0 radical (unpaired) electrons. The SMILES string of the molecule is N#CC1(Cc2nc(-c3ccc(Cn4cncn4)cc3)no2)CNC1. The molecule has 1 N–H and O–H groups in total. The van der Waals surface area contributed by atoms with E-state index in [1.165, 1.54) is 6.33 Å². The fraction of sp³-hybridized carbons (Fsp3) is 0.312. The van der Waals surface area contributed by atoms with Crippen LogP contribution in [0.4, 0.5) is 0 Å². The lowest BCUT2D eigenvalue weighted by Crippen LogP contribution is -2.53. The fourth-order valence-corrected chi connectivity index (χ4v) is 2.66. The van der Waals surface area contributed by atoms with Crippen LogP contribution in [0.2, 0.25) is 0 Å². The number of nitriles is 1. The van der Waals surface area contributed by atoms with Crippen LogP contribution in [-0.4, -0.2) is 38.0 Å². The summed E-state index contributed by atoms with van der Waals surface area (Å²) in [5.74, 6) is 1.04. The summed E-state index contributed by atoms with van der Waals surface area (Å²) in [5, 5.41) is 20.5. The Hall–Kier alpha value is -3.05. The minimum atomic E-state index is -0.411. The van der Waals surface area contributed by atoms with Crippen molar-refractivity contribution in [1.82, 2.24) is 30.2 Å². The summed E-state index contributed by atoms with van der Waals surface area (Å²) in [7, 11) is 0. The van der Waals surface area contributed by atoms with Crippen LogP contribution in [0, 0.1) is 16.7 Å². The van der Waals surface area contributed by atoms with Gasteiger partial charge in [-0.2, -0.15) is 15.3 Å². The van der Waals surface area contributed by atoms with Crippen molar-refractivity contribution >= 4 is 0 Å². The number of hydrogen-bond donors (Lipinski definition) is 1. The van der Waals surface area contributed by atoms with E-state index in [9.17, 15) is 5.26 Å². The first-order valence-corrected chi connectivity index (χ1v) is 7.63. The highest BCUT2D eigenvalue weighted by Crippen LogP contribution is 2.27. The summed E-state index contributed by atoms with van der Waals surface area (Å²) in [6.07, 6.45) is 3.68. The molecule has 4 rings (SSSR count). The molecule has 3 heterocycles. The normalized spacial score (nSPS) is 15.6. The molecule has 8 heteroatoms. The Balaban J connectivity index is 1.47. The third-order valence-corrected chi connectivity index (χ3v) is 4.14. The molecule has 0 bridgehead atoms. The van der Waals surface area contributed by atoms with Gasteiger partial charge in [-0.1, -0.05) is 29.4 Å². The second kappa shape index (κ2) is 5.86. The molecule has 0 aliphatic carbocycles. The second-order valence-electron chi connectivity index (χ2n) is 5.97. The van der Waals surface area contributed by atoms with Crippen LogP contribution in [0.25, 0.3) is 11.4 Å². The molecular formula is C16H15N7O. The molecule has 0 spiro atoms. The van der Waals surface area contributed by atoms with E-state index in [1.807, 2.05) is 24.3 Å². The molecular weight excluding hydrogens is 306 g/mol. The van der Waals surface area contributed by atoms with E-state index in [4.69, 9.17) is 4.52 Å². The van der Waals surface area contributed by atoms with Crippen molar-refractivity contribution < 1.29 is 4.52 Å². The quantitative estimate of drug-likeness (QED) is 0.748. The first kappa shape index (κ1) is 14.5. The Morgan fingerprint density at radius 2 is 2.12 bits per heavy atom. The van der Waals surface area contributed by atoms with Crippen molar-refractivity contribution in [2.45, 2.75) is 13.0 Å². The Bertz CT molecular complexity index is 857. The molecule has 24 heavy (non-hydrogen) atoms. The highest BCUT2D eigenvalue weighted by Gasteiger charge is 2.39. The lowest BCUT2D eigenvalue weighted by Gasteiger charge is -2.34. The predicted octanol–water partition coefficient (Wildman–Crippen LogP) is 1.03. The molecule has 2 aromatic heterocycles. The largest absolute Gasteiger partial charge is 0.339 e. The summed E-state index contributed by atoms with van der Waals surface area (Å²) in [4.78, 5) is 8.34. The van der Waals surface area contributed by atoms with Crippen molar-refractivity contribution in [2.24, 2.45) is 5.41 Å². The van der Waals surface area contributed by atoms with Crippen molar-refractivity contribution in [1.29, 1.82) is 5.26 Å². The number of hydrogen-bond acceptors (Lipinski definition) is 7. The predicted molar refractivity (Wildman–Crippen MR) is 83.5 cm³/mol. The first-order chi connectivity index (χ1) is 11.8. The summed E-state index contributed by atoms with van der Waals surface area (Å²) >= 11 is 0. The van der Waals surface area contributed by atoms with Gasteiger partial charge in [-0.3, -0.25) is 0 Å². The molecule has 1 aliphatic heterocycles. The lowest BCUT2D eigenvalue weighted by molar-refractivity contribution is 0.221. The maximum absolute atomic E-state index is 9.27. The Labute approximate surface area is 138 Å². The van der Waals surface area contributed by atoms with Crippen molar-refractivity contribution in [3.8, 4) is 17.5 Å². The van der Waals surface area contributed by atoms with Gasteiger partial charge in [0, 0.05) is 25.1 Å². The maximum Gasteiger partial charge on any atom is 0.228 e. The number of benzene rings is 1. The summed E-state index contributed by atoms with van der Waals surface area (Å²) in [6, 6.07) is 10.2. The van der Waals surface area contributed by atoms with E-state index >= 15 is 0 Å². The number of aromatic nitrogens is 5. The fourth-order valence-electron chi connectivity index (χ4n) is 2.66. The van der Waals surface area contributed by atoms with Gasteiger partial charge in [0.1, 0.15) is 12.7 Å². The molecule has 1 fully saturated rings. The summed E-state index contributed by atoms with van der Waals surface area (Å²) < 4.78 is 7.06. The lowest BCUT2D eigenvalue weighted by atomic mass is 9.80. The van der Waals surface area contributed by atoms with Gasteiger partial charge in [-0.05, 0) is 5.56 Å². The molecule has 3 aromatic rings. The molecule has 0 atom stereocenters. The van der Waals surface area contributed by atoms with Crippen LogP contribution in [0.1, 0.15) is 11.5 Å². The van der Waals surface area contributed by atoms with Gasteiger partial charge in [0.15, 0.2) is 0 Å². The number of nitrogens with zero attached hydrogens (tertiary/aromatic N) is 6. The average Bonchev–Trinajstić information content (AvgIpc) is 3.23. The van der Waals surface area contributed by atoms with E-state index in [-0.39, 0.29) is 0 Å². The molecule has 1 aromatic carbocycles. The van der Waals surface area contributed by atoms with Gasteiger partial charge in [-0.15, -0.1) is 0 Å². The van der Waals surface area contributed by atoms with E-state index < -0.39 is 5.41 Å². The van der Waals surface area contributed by atoms with Crippen molar-refractivity contribution in [3.63, 3.8) is 0 Å². The van der Waals surface area contributed by atoms with Gasteiger partial charge < -0.3 is 9.84 Å². The third kappa shape index (κ3) is 2.77. The number of rotatable bonds is 5. The maximum atomic E-state index is 9.27. The smallest absolute Gasteiger partial charge is 0.228 e. The van der Waals surface area contributed by atoms with Crippen LogP contribution in [0.5, 0.6) is 0 Å². The van der Waals surface area contributed by atoms with E-state index in [0.717, 1.165) is 11.1 Å². The Kier molecular flexibility index (Phi) is 3.55. The third-order valence-electron chi connectivity index (χ3n) is 4.14. The van der Waals surface area contributed by atoms with Gasteiger partial charge in [0.2, 0.25) is 11.7 Å². The molecule has 0 amide bonds. The molecule has 0 unspecified atom stereocenters. The van der Waals surface area contributed by atoms with Gasteiger partial charge in [-0.25, -0.2) is 9.67 Å². The Morgan fingerprint density at radius 1 is 1.29 bits per heavy atom. The zero-order valence-corrected chi connectivity index (χ0v) is 12.9. The summed E-state index contributed by atoms with van der Waals surface area (Å²) in [5.41, 5.74) is 1.58. The van der Waals surface area contributed by atoms with Gasteiger partial charge in [0.05, 0.1) is 18.0 Å². The second-order valence-corrected chi connectivity index (χ2v) is 5.97. The van der Waals surface area contributed by atoms with Gasteiger partial charge >= 0.3 is 0 Å². The zero-order valence-electron chi connectivity index (χ0n) is 12.9. The van der Waals surface area contributed by atoms with Crippen molar-refractivity contribution in [3.05, 3.63) is 48.4 Å². The monoisotopic (exact) mass is 321 g/mol. The molecule has 120 valence electrons. The molecule has 8 nitrogen and oxygen atoms in total. The minimum Gasteiger partial charge on any atom is -0.339 e. The van der Waals surface area contributed by atoms with Crippen LogP contribution in [-0.2, 0) is 13.0 Å². The van der Waals surface area contributed by atoms with E-state index in [1.54, 1.807) is 11.0 Å². The van der Waals surface area contributed by atoms with E-state index in [2.05, 4.69) is 31.6 Å². The molecule has 1 saturated heterocycles. The zero-order chi connectivity index (χ0) is 16.4. The van der Waals surface area contributed by atoms with E-state index in [0.29, 0.717) is 37.8 Å². The van der Waals surface area contributed by atoms with Crippen molar-refractivity contribution in [2.75, 3.05) is 13.1 Å². The van der Waals surface area contributed by atoms with Crippen LogP contribution >= 0.6 is 0 Å². The molecule has 1 aliphatic rings. The number of nitrogens with one attached hydrogen (secondary N) is 1. The van der Waals surface area contributed by atoms with Gasteiger partial charge in [0.25, 0.3) is 0 Å². The van der Waals surface area contributed by atoms with Crippen LogP contribution in [0.3, 0.4) is 0 Å². The van der Waals surface area contributed by atoms with Crippen LogP contribution < -0.4 is 5.32 Å². The van der Waals surface area contributed by atoms with Crippen LogP contribution in [0.15, 0.2) is 41.4 Å². The molecule has 0 saturated carbocycles. The topological polar surface area (TPSA) is 105 Å². The standard InChI is InChI=1S/C16H15N7O/c17-7-16(8-18-9-16)5-14-21-15(22-24-14)13-3-1-12(2-4-13)6-23-11-19-10-20-23/h1-4,10-11,18H,5-6,8-9H2. The summed E-state index contributed by atoms with van der Waals surface area (Å²) in [6.45, 7) is 1.99. The first-order valence-electron chi connectivity index (χ1n) is 7.63. The minimum absolute atomic E-state index is 0.411. The Morgan fingerprint density at radius 3 is 2.75 bits per heavy atom.